The number of hydrogen-bond acceptors (Lipinski definition) is 8. The van der Waals surface area contributed by atoms with Gasteiger partial charge in [-0.15, -0.1) is 22.7 Å². The van der Waals surface area contributed by atoms with Crippen molar-refractivity contribution in [3.63, 3.8) is 0 Å². The van der Waals surface area contributed by atoms with Crippen LogP contribution in [0, 0.1) is 27.7 Å². The Morgan fingerprint density at radius 3 is 1.92 bits per heavy atom. The average molecular weight is 382 g/mol. The van der Waals surface area contributed by atoms with Crippen molar-refractivity contribution in [2.75, 3.05) is 6.54 Å². The van der Waals surface area contributed by atoms with Crippen LogP contribution >= 0.6 is 22.7 Å². The molecular weight excluding hydrogens is 364 g/mol. The van der Waals surface area contributed by atoms with Gasteiger partial charge >= 0.3 is 6.09 Å². The van der Waals surface area contributed by atoms with Crippen LogP contribution in [0.2, 0.25) is 0 Å². The van der Waals surface area contributed by atoms with Crippen LogP contribution < -0.4 is 5.73 Å². The fourth-order valence-electron chi connectivity index (χ4n) is 2.34. The summed E-state index contributed by atoms with van der Waals surface area (Å²) in [6.45, 7) is 6.32. The molecule has 2 rings (SSSR count). The summed E-state index contributed by atoms with van der Waals surface area (Å²) in [6, 6.07) is 0. The summed E-state index contributed by atoms with van der Waals surface area (Å²) in [5, 5.41) is 10.8. The lowest BCUT2D eigenvalue weighted by molar-refractivity contribution is 0.0745. The molecular formula is C15H18N4O4S2. The number of aryl methyl sites for hydroxylation is 4. The number of rotatable bonds is 6. The van der Waals surface area contributed by atoms with Gasteiger partial charge in [-0.2, -0.15) is 0 Å². The highest BCUT2D eigenvalue weighted by Gasteiger charge is 2.32. The van der Waals surface area contributed by atoms with E-state index < -0.39 is 30.4 Å². The average Bonchev–Trinajstić information content (AvgIpc) is 3.03. The van der Waals surface area contributed by atoms with Gasteiger partial charge in [0.05, 0.1) is 37.7 Å². The van der Waals surface area contributed by atoms with Crippen LogP contribution in [0.5, 0.6) is 0 Å². The van der Waals surface area contributed by atoms with Crippen molar-refractivity contribution in [3.05, 3.63) is 31.2 Å². The zero-order valence-electron chi connectivity index (χ0n) is 14.2. The predicted molar refractivity (Wildman–Crippen MR) is 94.5 cm³/mol. The van der Waals surface area contributed by atoms with E-state index in [0.717, 1.165) is 11.3 Å². The molecule has 0 fully saturated rings. The van der Waals surface area contributed by atoms with E-state index in [1.54, 1.807) is 27.7 Å². The van der Waals surface area contributed by atoms with E-state index in [1.165, 1.54) is 11.3 Å². The summed E-state index contributed by atoms with van der Waals surface area (Å²) >= 11 is 2.33. The number of carbonyl (C=O) groups excluding carboxylic acids is 2. The molecule has 10 heteroatoms. The maximum absolute atomic E-state index is 12.5. The minimum absolute atomic E-state index is 0.300. The molecule has 0 aliphatic heterocycles. The van der Waals surface area contributed by atoms with Crippen LogP contribution in [0.15, 0.2) is 0 Å². The number of nitrogens with two attached hydrogens (primary N) is 1. The smallest absolute Gasteiger partial charge is 0.409 e. The van der Waals surface area contributed by atoms with Gasteiger partial charge in [0.2, 0.25) is 5.78 Å². The predicted octanol–water partition coefficient (Wildman–Crippen LogP) is 2.16. The van der Waals surface area contributed by atoms with Crippen molar-refractivity contribution in [1.82, 2.24) is 14.9 Å². The van der Waals surface area contributed by atoms with Crippen LogP contribution in [0.25, 0.3) is 0 Å². The summed E-state index contributed by atoms with van der Waals surface area (Å²) in [5.74, 6) is -1.01. The molecule has 134 valence electrons. The van der Waals surface area contributed by atoms with Gasteiger partial charge in [-0.1, -0.05) is 0 Å². The Labute approximate surface area is 152 Å². The summed E-state index contributed by atoms with van der Waals surface area (Å²) < 4.78 is 0. The third kappa shape index (κ3) is 4.09. The number of carbonyl (C=O) groups is 3. The Morgan fingerprint density at radius 1 is 1.04 bits per heavy atom. The van der Waals surface area contributed by atoms with E-state index in [2.05, 4.69) is 9.97 Å². The SMILES string of the molecule is Cc1nc(C)c(C(=O)CN(C(=O)O)C(N)C(=O)c2sc(C)nc2C)s1. The molecule has 8 nitrogen and oxygen atoms in total. The molecule has 25 heavy (non-hydrogen) atoms. The molecule has 0 bridgehead atoms. The first-order valence-corrected chi connectivity index (χ1v) is 8.95. The van der Waals surface area contributed by atoms with E-state index >= 15 is 0 Å². The van der Waals surface area contributed by atoms with Gasteiger partial charge in [0, 0.05) is 0 Å². The number of ketones is 2. The lowest BCUT2D eigenvalue weighted by Crippen LogP contribution is -2.52. The topological polar surface area (TPSA) is 126 Å². The normalized spacial score (nSPS) is 12.0. The second-order valence-electron chi connectivity index (χ2n) is 5.44. The van der Waals surface area contributed by atoms with Crippen molar-refractivity contribution < 1.29 is 19.5 Å². The highest BCUT2D eigenvalue weighted by atomic mass is 32.1. The van der Waals surface area contributed by atoms with E-state index in [9.17, 15) is 19.5 Å². The first kappa shape index (κ1) is 19.2. The largest absolute Gasteiger partial charge is 0.465 e. The van der Waals surface area contributed by atoms with Crippen LogP contribution in [-0.4, -0.2) is 50.3 Å². The van der Waals surface area contributed by atoms with E-state index in [4.69, 9.17) is 5.73 Å². The quantitative estimate of drug-likeness (QED) is 0.579. The van der Waals surface area contributed by atoms with Gasteiger partial charge in [0.15, 0.2) is 5.78 Å². The van der Waals surface area contributed by atoms with E-state index in [-0.39, 0.29) is 0 Å². The molecule has 2 aromatic heterocycles. The second kappa shape index (κ2) is 7.38. The Morgan fingerprint density at radius 2 is 1.52 bits per heavy atom. The van der Waals surface area contributed by atoms with Crippen molar-refractivity contribution in [2.24, 2.45) is 5.73 Å². The van der Waals surface area contributed by atoms with Crippen molar-refractivity contribution in [1.29, 1.82) is 0 Å². The van der Waals surface area contributed by atoms with Gasteiger partial charge < -0.3 is 10.8 Å². The number of amides is 1. The Kier molecular flexibility index (Phi) is 5.65. The highest BCUT2D eigenvalue weighted by Crippen LogP contribution is 2.21. The number of Topliss-reactive ketones (excluding diaryl/α,β-unsaturated/α-hetero) is 2. The molecule has 0 aliphatic rings. The Bertz CT molecular complexity index is 843. The van der Waals surface area contributed by atoms with Gasteiger partial charge in [-0.3, -0.25) is 14.5 Å². The zero-order valence-corrected chi connectivity index (χ0v) is 15.8. The van der Waals surface area contributed by atoms with Gasteiger partial charge in [-0.25, -0.2) is 14.8 Å². The minimum atomic E-state index is -1.48. The first-order chi connectivity index (χ1) is 11.6. The van der Waals surface area contributed by atoms with Gasteiger partial charge in [0.25, 0.3) is 0 Å². The summed E-state index contributed by atoms with van der Waals surface area (Å²) in [4.78, 5) is 46.1. The fourth-order valence-corrected chi connectivity index (χ4v) is 4.08. The van der Waals surface area contributed by atoms with Crippen LogP contribution in [-0.2, 0) is 0 Å². The number of carboxylic acid groups (broad SMARTS) is 1. The third-order valence-corrected chi connectivity index (χ3v) is 5.65. The zero-order chi connectivity index (χ0) is 18.9. The van der Waals surface area contributed by atoms with Crippen LogP contribution in [0.1, 0.15) is 40.7 Å². The summed E-state index contributed by atoms with van der Waals surface area (Å²) in [7, 11) is 0. The van der Waals surface area contributed by atoms with E-state index in [0.29, 0.717) is 36.1 Å². The molecule has 0 aliphatic carbocycles. The third-order valence-electron chi connectivity index (χ3n) is 3.45. The van der Waals surface area contributed by atoms with Crippen LogP contribution in [0.3, 0.4) is 0 Å². The molecule has 3 N–H and O–H groups in total. The summed E-state index contributed by atoms with van der Waals surface area (Å²) in [6.07, 6.45) is -2.92. The van der Waals surface area contributed by atoms with Crippen molar-refractivity contribution in [3.8, 4) is 0 Å². The molecule has 1 atom stereocenters. The molecule has 2 aromatic rings. The highest BCUT2D eigenvalue weighted by molar-refractivity contribution is 7.14. The van der Waals surface area contributed by atoms with Crippen molar-refractivity contribution >= 4 is 40.3 Å². The van der Waals surface area contributed by atoms with Gasteiger partial charge in [-0.05, 0) is 27.7 Å². The monoisotopic (exact) mass is 382 g/mol. The Hall–Kier alpha value is -2.17. The van der Waals surface area contributed by atoms with Crippen molar-refractivity contribution in [2.45, 2.75) is 33.9 Å². The maximum Gasteiger partial charge on any atom is 0.409 e. The minimum Gasteiger partial charge on any atom is -0.465 e. The van der Waals surface area contributed by atoms with E-state index in [1.807, 2.05) is 0 Å². The molecule has 1 amide bonds. The number of hydrogen-bond donors (Lipinski definition) is 2. The first-order valence-electron chi connectivity index (χ1n) is 7.32. The molecule has 2 heterocycles. The molecule has 0 aromatic carbocycles. The second-order valence-corrected chi connectivity index (χ2v) is 7.84. The number of nitrogens with zero attached hydrogens (tertiary/aromatic N) is 3. The molecule has 0 spiro atoms. The lowest BCUT2D eigenvalue weighted by atomic mass is 10.2. The molecule has 1 unspecified atom stereocenters. The van der Waals surface area contributed by atoms with Gasteiger partial charge in [0.1, 0.15) is 6.17 Å². The maximum atomic E-state index is 12.5. The Balaban J connectivity index is 2.24. The fraction of sp³-hybridized carbons (Fsp3) is 0.400. The number of aromatic nitrogens is 2. The molecule has 0 saturated carbocycles. The summed E-state index contributed by atoms with van der Waals surface area (Å²) in [5.41, 5.74) is 6.88. The number of thiazole rings is 2. The molecule has 0 radical (unpaired) electrons. The lowest BCUT2D eigenvalue weighted by Gasteiger charge is -2.24. The molecule has 0 saturated heterocycles. The standard InChI is InChI=1S/C15H18N4O4S2/c1-6-12(24-8(3)17-6)10(20)5-19(15(22)23)14(16)11(21)13-7(2)18-9(4)25-13/h14H,5,16H2,1-4H3,(H,22,23). The van der Waals surface area contributed by atoms with Crippen LogP contribution in [0.4, 0.5) is 4.79 Å².